The zero-order valence-corrected chi connectivity index (χ0v) is 7.20. The predicted molar refractivity (Wildman–Crippen MR) is 47.3 cm³/mol. The van der Waals surface area contributed by atoms with Crippen LogP contribution in [0.25, 0.3) is 0 Å². The molecule has 11 heavy (non-hydrogen) atoms. The Bertz CT molecular complexity index is 242. The summed E-state index contributed by atoms with van der Waals surface area (Å²) >= 11 is 6.26. The molecule has 1 aromatic carbocycles. The first-order valence-electron chi connectivity index (χ1n) is 3.02. The lowest BCUT2D eigenvalue weighted by molar-refractivity contribution is 0.697. The van der Waals surface area contributed by atoms with Gasteiger partial charge in [0.1, 0.15) is 0 Å². The third-order valence-electron chi connectivity index (χ3n) is 1.03. The van der Waals surface area contributed by atoms with Crippen molar-refractivity contribution >= 4 is 23.4 Å². The van der Waals surface area contributed by atoms with Gasteiger partial charge < -0.3 is 0 Å². The fourth-order valence-electron chi connectivity index (χ4n) is 0.612. The van der Waals surface area contributed by atoms with E-state index in [9.17, 15) is 4.39 Å². The van der Waals surface area contributed by atoms with Crippen molar-refractivity contribution in [2.24, 2.45) is 0 Å². The third kappa shape index (κ3) is 3.44. The summed E-state index contributed by atoms with van der Waals surface area (Å²) in [7, 11) is 0. The van der Waals surface area contributed by atoms with Crippen molar-refractivity contribution in [2.75, 3.05) is 0 Å². The van der Waals surface area contributed by atoms with E-state index in [4.69, 9.17) is 11.6 Å². The fourth-order valence-corrected chi connectivity index (χ4v) is 1.28. The van der Waals surface area contributed by atoms with Crippen LogP contribution in [0.15, 0.2) is 45.9 Å². The molecule has 0 unspecified atom stereocenters. The lowest BCUT2D eigenvalue weighted by Crippen LogP contribution is -1.64. The van der Waals surface area contributed by atoms with Gasteiger partial charge in [-0.05, 0) is 12.1 Å². The minimum absolute atomic E-state index is 0.682. The second kappa shape index (κ2) is 4.42. The number of benzene rings is 1. The van der Waals surface area contributed by atoms with Gasteiger partial charge in [0, 0.05) is 10.3 Å². The van der Waals surface area contributed by atoms with Crippen molar-refractivity contribution in [3.05, 3.63) is 41.0 Å². The Morgan fingerprint density at radius 3 is 2.55 bits per heavy atom. The Balaban J connectivity index is 2.59. The summed E-state index contributed by atoms with van der Waals surface area (Å²) in [5, 5.41) is 0.579. The van der Waals surface area contributed by atoms with Crippen molar-refractivity contribution in [1.29, 1.82) is 0 Å². The molecule has 1 rings (SSSR count). The van der Waals surface area contributed by atoms with E-state index < -0.39 is 5.29 Å². The summed E-state index contributed by atoms with van der Waals surface area (Å²) in [4.78, 5) is 0.975. The largest absolute Gasteiger partial charge is 0.195 e. The molecule has 0 aromatic heterocycles. The van der Waals surface area contributed by atoms with Crippen LogP contribution in [0.5, 0.6) is 0 Å². The van der Waals surface area contributed by atoms with Crippen LogP contribution in [0.3, 0.4) is 0 Å². The standard InChI is InChI=1S/C8H6ClFS/c9-8(10)6-11-7-4-2-1-3-5-7/h1-6H. The summed E-state index contributed by atoms with van der Waals surface area (Å²) in [6.07, 6.45) is 0. The second-order valence-corrected chi connectivity index (χ2v) is 3.14. The molecule has 0 saturated heterocycles. The first-order chi connectivity index (χ1) is 5.29. The van der Waals surface area contributed by atoms with Crippen molar-refractivity contribution in [2.45, 2.75) is 4.90 Å². The highest BCUT2D eigenvalue weighted by Crippen LogP contribution is 2.21. The zero-order valence-electron chi connectivity index (χ0n) is 5.63. The van der Waals surface area contributed by atoms with Crippen molar-refractivity contribution < 1.29 is 4.39 Å². The Morgan fingerprint density at radius 1 is 1.36 bits per heavy atom. The molecule has 0 aliphatic heterocycles. The fraction of sp³-hybridized carbons (Fsp3) is 0. The molecule has 0 nitrogen and oxygen atoms in total. The molecule has 0 radical (unpaired) electrons. The average Bonchev–Trinajstić information content (AvgIpc) is 2.03. The molecule has 1 aromatic rings. The molecule has 0 bridgehead atoms. The normalized spacial score (nSPS) is 11.6. The first kappa shape index (κ1) is 8.62. The monoisotopic (exact) mass is 188 g/mol. The summed E-state index contributed by atoms with van der Waals surface area (Å²) in [6.45, 7) is 0. The molecular formula is C8H6ClFS. The maximum absolute atomic E-state index is 12.0. The smallest absolute Gasteiger partial charge is 0.193 e. The van der Waals surface area contributed by atoms with Crippen LogP contribution in [0.2, 0.25) is 0 Å². The maximum atomic E-state index is 12.0. The van der Waals surface area contributed by atoms with Crippen LogP contribution in [0.4, 0.5) is 4.39 Å². The van der Waals surface area contributed by atoms with E-state index in [1.165, 1.54) is 17.2 Å². The summed E-state index contributed by atoms with van der Waals surface area (Å²) in [5.74, 6) is 0. The molecule has 0 aliphatic carbocycles. The highest BCUT2D eigenvalue weighted by molar-refractivity contribution is 8.02. The van der Waals surface area contributed by atoms with Gasteiger partial charge in [0.25, 0.3) is 0 Å². The maximum Gasteiger partial charge on any atom is 0.195 e. The van der Waals surface area contributed by atoms with Gasteiger partial charge in [0.05, 0.1) is 0 Å². The number of thioether (sulfide) groups is 1. The summed E-state index contributed by atoms with van der Waals surface area (Å²) in [6, 6.07) is 9.47. The molecule has 3 heteroatoms. The Kier molecular flexibility index (Phi) is 3.46. The van der Waals surface area contributed by atoms with Crippen molar-refractivity contribution in [3.8, 4) is 0 Å². The quantitative estimate of drug-likeness (QED) is 0.637. The Labute approximate surface area is 74.1 Å². The van der Waals surface area contributed by atoms with Gasteiger partial charge in [0.2, 0.25) is 0 Å². The van der Waals surface area contributed by atoms with Gasteiger partial charge in [-0.3, -0.25) is 0 Å². The van der Waals surface area contributed by atoms with E-state index in [1.807, 2.05) is 30.3 Å². The number of rotatable bonds is 2. The summed E-state index contributed by atoms with van der Waals surface area (Å²) < 4.78 is 12.0. The van der Waals surface area contributed by atoms with Crippen LogP contribution in [-0.2, 0) is 0 Å². The number of hydrogen-bond acceptors (Lipinski definition) is 1. The molecule has 0 atom stereocenters. The molecule has 0 amide bonds. The van der Waals surface area contributed by atoms with E-state index >= 15 is 0 Å². The number of halogens is 2. The third-order valence-corrected chi connectivity index (χ3v) is 2.13. The molecule has 0 spiro atoms. The van der Waals surface area contributed by atoms with Gasteiger partial charge >= 0.3 is 0 Å². The molecule has 0 aliphatic rings. The molecular weight excluding hydrogens is 183 g/mol. The molecule has 0 saturated carbocycles. The lowest BCUT2D eigenvalue weighted by atomic mass is 10.4. The number of hydrogen-bond donors (Lipinski definition) is 0. The van der Waals surface area contributed by atoms with Gasteiger partial charge in [-0.15, -0.1) is 0 Å². The zero-order chi connectivity index (χ0) is 8.10. The topological polar surface area (TPSA) is 0 Å². The SMILES string of the molecule is FC(Cl)=CSc1ccccc1. The van der Waals surface area contributed by atoms with Crippen LogP contribution >= 0.6 is 23.4 Å². The van der Waals surface area contributed by atoms with Crippen LogP contribution in [0, 0.1) is 0 Å². The Hall–Kier alpha value is -0.470. The van der Waals surface area contributed by atoms with E-state index in [0.29, 0.717) is 0 Å². The van der Waals surface area contributed by atoms with Crippen LogP contribution in [-0.4, -0.2) is 0 Å². The van der Waals surface area contributed by atoms with Gasteiger partial charge in [-0.2, -0.15) is 4.39 Å². The van der Waals surface area contributed by atoms with Crippen molar-refractivity contribution in [3.63, 3.8) is 0 Å². The van der Waals surface area contributed by atoms with Crippen molar-refractivity contribution in [1.82, 2.24) is 0 Å². The minimum Gasteiger partial charge on any atom is -0.193 e. The van der Waals surface area contributed by atoms with Gasteiger partial charge in [0.15, 0.2) is 5.29 Å². The van der Waals surface area contributed by atoms with E-state index in [0.717, 1.165) is 4.90 Å². The predicted octanol–water partition coefficient (Wildman–Crippen LogP) is 3.79. The van der Waals surface area contributed by atoms with E-state index in [2.05, 4.69) is 0 Å². The van der Waals surface area contributed by atoms with E-state index in [-0.39, 0.29) is 0 Å². The minimum atomic E-state index is -0.682. The second-order valence-electron chi connectivity index (χ2n) is 1.84. The lowest BCUT2D eigenvalue weighted by Gasteiger charge is -1.92. The molecule has 0 N–H and O–H groups in total. The highest BCUT2D eigenvalue weighted by atomic mass is 35.5. The highest BCUT2D eigenvalue weighted by Gasteiger charge is 1.89. The van der Waals surface area contributed by atoms with Gasteiger partial charge in [-0.1, -0.05) is 41.6 Å². The molecule has 58 valence electrons. The Morgan fingerprint density at radius 2 is 2.00 bits per heavy atom. The average molecular weight is 189 g/mol. The summed E-state index contributed by atoms with van der Waals surface area (Å²) in [5.41, 5.74) is 0. The van der Waals surface area contributed by atoms with Gasteiger partial charge in [-0.25, -0.2) is 0 Å². The van der Waals surface area contributed by atoms with E-state index in [1.54, 1.807) is 0 Å². The van der Waals surface area contributed by atoms with Crippen LogP contribution < -0.4 is 0 Å². The first-order valence-corrected chi connectivity index (χ1v) is 4.27. The molecule has 0 heterocycles. The van der Waals surface area contributed by atoms with Crippen LogP contribution in [0.1, 0.15) is 0 Å². The molecule has 0 fully saturated rings.